The van der Waals surface area contributed by atoms with E-state index in [-0.39, 0.29) is 37.1 Å². The molecule has 0 rings (SSSR count). The van der Waals surface area contributed by atoms with Gasteiger partial charge in [-0.3, -0.25) is 0 Å². The molecule has 0 bridgehead atoms. The summed E-state index contributed by atoms with van der Waals surface area (Å²) >= 11 is -2.75. The van der Waals surface area contributed by atoms with Gasteiger partial charge in [0.1, 0.15) is 0 Å². The Morgan fingerprint density at radius 3 is 1.50 bits per heavy atom. The quantitative estimate of drug-likeness (QED) is 0.334. The van der Waals surface area contributed by atoms with Crippen molar-refractivity contribution in [2.75, 3.05) is 0 Å². The molecule has 0 radical (unpaired) electrons. The molecule has 0 spiro atoms. The predicted octanol–water partition coefficient (Wildman–Crippen LogP) is 0.824. The molecule has 0 heterocycles. The normalized spacial score (nSPS) is 9.00. The van der Waals surface area contributed by atoms with E-state index in [1.54, 1.807) is 0 Å². The molecule has 0 nitrogen and oxygen atoms in total. The van der Waals surface area contributed by atoms with Gasteiger partial charge in [0.15, 0.2) is 0 Å². The second-order valence-electron chi connectivity index (χ2n) is 0. The summed E-state index contributed by atoms with van der Waals surface area (Å²) in [5.74, 6) is 0. The molecule has 0 aromatic heterocycles. The SMILES string of the molecule is C.[2H][Pt+2][3H].[2H][Pt+2][3H].[2H][Pt][3H].[CH3-].[CH3-].[CH3-].[CH3-]. The van der Waals surface area contributed by atoms with Crippen LogP contribution in [-0.4, -0.2) is 4.50 Å². The maximum absolute atomic E-state index is 5.99. The molecule has 8 heavy (non-hydrogen) atoms. The van der Waals surface area contributed by atoms with Crippen LogP contribution in [0.2, 0.25) is 0 Å². The van der Waals surface area contributed by atoms with E-state index in [0.29, 0.717) is 0 Å². The second kappa shape index (κ2) is 138. The molecule has 0 aromatic carbocycles. The zero-order chi connectivity index (χ0) is 8.12. The summed E-state index contributed by atoms with van der Waals surface area (Å²) in [6.07, 6.45) is 0. The predicted molar refractivity (Wildman–Crippen MR) is 40.8 cm³/mol. The third-order valence-corrected chi connectivity index (χ3v) is 0. The van der Waals surface area contributed by atoms with Crippen LogP contribution in [0.15, 0.2) is 0 Å². The monoisotopic (exact) mass is 676 g/mol. The van der Waals surface area contributed by atoms with E-state index in [4.69, 9.17) is 4.50 Å². The van der Waals surface area contributed by atoms with Crippen LogP contribution >= 0.6 is 0 Å². The summed E-state index contributed by atoms with van der Waals surface area (Å²) in [7, 11) is 0. The molecular weight excluding hydrogens is 645 g/mol. The molecule has 0 aromatic rings. The molecule has 0 fully saturated rings. The van der Waals surface area contributed by atoms with E-state index in [1.807, 2.05) is 0 Å². The van der Waals surface area contributed by atoms with Crippen molar-refractivity contribution in [1.82, 2.24) is 0 Å². The summed E-state index contributed by atoms with van der Waals surface area (Å²) < 4.78 is 35.9. The van der Waals surface area contributed by atoms with Gasteiger partial charge < -0.3 is 29.7 Å². The van der Waals surface area contributed by atoms with Crippen molar-refractivity contribution >= 4 is 0 Å². The number of rotatable bonds is 0. The first-order valence-corrected chi connectivity index (χ1v) is 0. The minimum atomic E-state index is -0.917. The number of hydrogen-bond donors (Lipinski definition) is 0. The minimum absolute atomic E-state index is 0. The molecule has 0 N–H and O–H groups in total. The van der Waals surface area contributed by atoms with Crippen LogP contribution in [0.4, 0.5) is 0 Å². The molecule has 3 heteroatoms. The van der Waals surface area contributed by atoms with Gasteiger partial charge in [0.2, 0.25) is 0 Å². The van der Waals surface area contributed by atoms with E-state index < -0.39 is 62.2 Å². The summed E-state index contributed by atoms with van der Waals surface area (Å²) in [5, 5.41) is 0. The van der Waals surface area contributed by atoms with Crippen LogP contribution in [-0.2, 0) is 62.2 Å². The van der Waals surface area contributed by atoms with Crippen molar-refractivity contribution in [2.24, 2.45) is 0 Å². The van der Waals surface area contributed by atoms with Gasteiger partial charge in [0, 0.05) is 0 Å². The van der Waals surface area contributed by atoms with Crippen molar-refractivity contribution in [3.8, 4) is 0 Å². The zero-order valence-corrected chi connectivity index (χ0v) is 11.8. The van der Waals surface area contributed by atoms with E-state index in [2.05, 4.69) is 0 Å². The Kier molecular flexibility index (Phi) is 220. The van der Waals surface area contributed by atoms with Crippen LogP contribution in [0.25, 0.3) is 0 Å². The second-order valence-corrected chi connectivity index (χ2v) is 0. The van der Waals surface area contributed by atoms with Gasteiger partial charge in [0.05, 0.1) is 0 Å². The van der Waals surface area contributed by atoms with Crippen LogP contribution in [0.1, 0.15) is 7.43 Å². The third kappa shape index (κ3) is 94.4. The Hall–Kier alpha value is 2.06. The fraction of sp³-hybridized carbons (Fsp3) is 0.200. The fourth-order valence-corrected chi connectivity index (χ4v) is 0. The van der Waals surface area contributed by atoms with Gasteiger partial charge in [-0.05, 0) is 0 Å². The largest absolute Gasteiger partial charge is 0.358 e. The first-order valence-electron chi connectivity index (χ1n) is 1.90. The Morgan fingerprint density at radius 1 is 1.50 bits per heavy atom. The number of hydrogen-bond acceptors (Lipinski definition) is 0. The smallest absolute Gasteiger partial charge is 0.358 e. The van der Waals surface area contributed by atoms with E-state index >= 15 is 0 Å². The summed E-state index contributed by atoms with van der Waals surface area (Å²) in [6, 6.07) is 0. The third-order valence-electron chi connectivity index (χ3n) is 0. The van der Waals surface area contributed by atoms with Crippen molar-refractivity contribution in [3.05, 3.63) is 29.7 Å². The van der Waals surface area contributed by atoms with Crippen LogP contribution < -0.4 is 0 Å². The molecule has 0 saturated heterocycles. The van der Waals surface area contributed by atoms with Crippen molar-refractivity contribution in [1.29, 1.82) is 4.50 Å². The standard InChI is InChI=1S/CH4.4CH3.3Pt.6H/h1H4;4*1H3;;;;;;;;;/q;4*-1;;2*+2;;;;;;/i;;;;;;;;3*1+2;3*1+1. The molecule has 0 aliphatic carbocycles. The topological polar surface area (TPSA) is 0 Å². The van der Waals surface area contributed by atoms with Crippen molar-refractivity contribution in [2.45, 2.75) is 7.43 Å². The Balaban J connectivity index is -0.00000000545. The molecule has 0 atom stereocenters. The molecule has 0 amide bonds. The average molecular weight is 677 g/mol. The Morgan fingerprint density at radius 2 is 1.50 bits per heavy atom. The summed E-state index contributed by atoms with van der Waals surface area (Å²) in [5.41, 5.74) is 0. The summed E-state index contributed by atoms with van der Waals surface area (Å²) in [4.78, 5) is 0. The molecule has 0 unspecified atom stereocenters. The first kappa shape index (κ1) is 12.7. The van der Waals surface area contributed by atoms with Crippen LogP contribution in [0.5, 0.6) is 0 Å². The maximum Gasteiger partial charge on any atom is -0.358 e. The minimum Gasteiger partial charge on any atom is -0.358 e. The van der Waals surface area contributed by atoms with E-state index in [1.165, 1.54) is 0 Å². The average Bonchev–Trinajstić information content (AvgIpc) is 1.70. The van der Waals surface area contributed by atoms with Gasteiger partial charge in [-0.2, -0.15) is 0 Å². The zero-order valence-electron chi connectivity index (χ0n) is 10.9. The van der Waals surface area contributed by atoms with Gasteiger partial charge in [-0.25, -0.2) is 0 Å². The fourth-order valence-electron chi connectivity index (χ4n) is 0. The first-order chi connectivity index (χ1) is 4.24. The molecule has 0 saturated carbocycles. The molecule has 0 aliphatic heterocycles. The molecule has 72 valence electrons. The summed E-state index contributed by atoms with van der Waals surface area (Å²) in [6.45, 7) is 0. The Bertz CT molecular complexity index is 26.2. The molecule has 0 aliphatic rings. The van der Waals surface area contributed by atoms with Gasteiger partial charge in [0.25, 0.3) is 0 Å². The van der Waals surface area contributed by atoms with Gasteiger partial charge in [-0.15, -0.1) is 0 Å². The molecular formula is C5H22Pt3. The Labute approximate surface area is 103 Å². The van der Waals surface area contributed by atoms with E-state index in [9.17, 15) is 0 Å². The maximum atomic E-state index is 5.99. The van der Waals surface area contributed by atoms with Crippen molar-refractivity contribution < 1.29 is 62.2 Å². The van der Waals surface area contributed by atoms with Crippen molar-refractivity contribution in [3.63, 3.8) is 0 Å². The van der Waals surface area contributed by atoms with Gasteiger partial charge in [-0.1, -0.05) is 7.43 Å². The van der Waals surface area contributed by atoms with Crippen LogP contribution in [0, 0.1) is 29.7 Å². The van der Waals surface area contributed by atoms with Crippen LogP contribution in [0.3, 0.4) is 0 Å². The van der Waals surface area contributed by atoms with E-state index in [0.717, 1.165) is 0 Å². The van der Waals surface area contributed by atoms with Gasteiger partial charge >= 0.3 is 66.7 Å².